The summed E-state index contributed by atoms with van der Waals surface area (Å²) in [5.41, 5.74) is 0.789. The maximum atomic E-state index is 13.8. The first-order valence-electron chi connectivity index (χ1n) is 12.4. The Morgan fingerprint density at radius 1 is 0.946 bits per heavy atom. The summed E-state index contributed by atoms with van der Waals surface area (Å²) in [6.45, 7) is 4.91. The third kappa shape index (κ3) is 4.96. The number of carbonyl (C=O) groups is 2. The number of hydrogen-bond acceptors (Lipinski definition) is 5. The van der Waals surface area contributed by atoms with Gasteiger partial charge in [0.05, 0.1) is 12.2 Å². The summed E-state index contributed by atoms with van der Waals surface area (Å²) in [7, 11) is 0. The average molecular weight is 506 g/mol. The second kappa shape index (κ2) is 9.76. The summed E-state index contributed by atoms with van der Waals surface area (Å²) in [4.78, 5) is 56.0. The first kappa shape index (κ1) is 24.6. The summed E-state index contributed by atoms with van der Waals surface area (Å²) in [5, 5.41) is 4.23. The number of piperazine rings is 1. The van der Waals surface area contributed by atoms with Crippen LogP contribution in [-0.2, 0) is 11.3 Å². The molecule has 1 aromatic heterocycles. The Bertz CT molecular complexity index is 1500. The molecule has 1 saturated carbocycles. The number of amides is 2. The van der Waals surface area contributed by atoms with Crippen LogP contribution in [0.25, 0.3) is 5.69 Å². The molecular formula is C27H28FN5O4. The number of aryl methyl sites for hydroxylation is 2. The molecule has 10 heteroatoms. The van der Waals surface area contributed by atoms with E-state index in [1.165, 1.54) is 23.1 Å². The highest BCUT2D eigenvalue weighted by Gasteiger charge is 2.36. The van der Waals surface area contributed by atoms with E-state index in [-0.39, 0.29) is 31.5 Å². The van der Waals surface area contributed by atoms with E-state index < -0.39 is 28.7 Å². The second-order valence-corrected chi connectivity index (χ2v) is 9.72. The minimum Gasteiger partial charge on any atom is -0.339 e. The number of halogens is 1. The van der Waals surface area contributed by atoms with Gasteiger partial charge in [-0.1, -0.05) is 18.2 Å². The lowest BCUT2D eigenvalue weighted by atomic mass is 10.1. The standard InChI is InChI=1S/C27H28FN5O4/c1-17-6-9-22(14-18(17)2)33-27(37)32(16-19-4-3-5-21(28)15-19)26(36)23(29-33)25(35)31-12-10-30(11-13-31)24(34)20-7-8-20/h3-6,9,14-15,20H,7-8,10-13,16H2,1-2H3. The van der Waals surface area contributed by atoms with E-state index in [1.807, 2.05) is 19.9 Å². The summed E-state index contributed by atoms with van der Waals surface area (Å²) in [6.07, 6.45) is 1.82. The van der Waals surface area contributed by atoms with E-state index in [4.69, 9.17) is 0 Å². The second-order valence-electron chi connectivity index (χ2n) is 9.72. The van der Waals surface area contributed by atoms with Crippen molar-refractivity contribution in [1.82, 2.24) is 24.1 Å². The highest BCUT2D eigenvalue weighted by molar-refractivity contribution is 5.92. The highest BCUT2D eigenvalue weighted by atomic mass is 19.1. The fraction of sp³-hybridized carbons (Fsp3) is 0.370. The lowest BCUT2D eigenvalue weighted by Crippen LogP contribution is -2.53. The summed E-state index contributed by atoms with van der Waals surface area (Å²) in [6, 6.07) is 10.9. The van der Waals surface area contributed by atoms with Gasteiger partial charge in [-0.05, 0) is 67.6 Å². The van der Waals surface area contributed by atoms with E-state index in [0.29, 0.717) is 24.3 Å². The van der Waals surface area contributed by atoms with E-state index in [2.05, 4.69) is 5.10 Å². The van der Waals surface area contributed by atoms with Crippen molar-refractivity contribution in [3.05, 3.63) is 91.5 Å². The van der Waals surface area contributed by atoms with E-state index in [9.17, 15) is 23.6 Å². The van der Waals surface area contributed by atoms with Crippen LogP contribution in [0.4, 0.5) is 4.39 Å². The van der Waals surface area contributed by atoms with Gasteiger partial charge >= 0.3 is 5.69 Å². The largest absolute Gasteiger partial charge is 0.352 e. The van der Waals surface area contributed by atoms with Gasteiger partial charge in [0.2, 0.25) is 11.6 Å². The molecule has 5 rings (SSSR count). The Morgan fingerprint density at radius 3 is 2.30 bits per heavy atom. The SMILES string of the molecule is Cc1ccc(-n2nc(C(=O)N3CCN(C(=O)C4CC4)CC3)c(=O)n(Cc3cccc(F)c3)c2=O)cc1C. The Kier molecular flexibility index (Phi) is 6.49. The zero-order chi connectivity index (χ0) is 26.3. The average Bonchev–Trinajstić information content (AvgIpc) is 3.73. The number of benzene rings is 2. The Hall–Kier alpha value is -4.08. The van der Waals surface area contributed by atoms with E-state index in [0.717, 1.165) is 33.2 Å². The van der Waals surface area contributed by atoms with Gasteiger partial charge < -0.3 is 9.80 Å². The Balaban J connectivity index is 1.53. The molecule has 3 aromatic rings. The van der Waals surface area contributed by atoms with Gasteiger partial charge in [-0.25, -0.2) is 9.18 Å². The molecule has 0 bridgehead atoms. The molecule has 1 aliphatic heterocycles. The van der Waals surface area contributed by atoms with Crippen molar-refractivity contribution >= 4 is 11.8 Å². The first-order valence-corrected chi connectivity index (χ1v) is 12.4. The normalized spacial score (nSPS) is 15.6. The number of carbonyl (C=O) groups excluding carboxylic acids is 2. The van der Waals surface area contributed by atoms with Gasteiger partial charge in [0.15, 0.2) is 0 Å². The minimum absolute atomic E-state index is 0.0977. The fourth-order valence-corrected chi connectivity index (χ4v) is 4.50. The quantitative estimate of drug-likeness (QED) is 0.528. The van der Waals surface area contributed by atoms with Gasteiger partial charge in [-0.3, -0.25) is 19.0 Å². The number of hydrogen-bond donors (Lipinski definition) is 0. The van der Waals surface area contributed by atoms with Gasteiger partial charge in [0.1, 0.15) is 5.82 Å². The third-order valence-electron chi connectivity index (χ3n) is 7.03. The van der Waals surface area contributed by atoms with Crippen LogP contribution in [0.15, 0.2) is 52.1 Å². The molecule has 1 aliphatic carbocycles. The van der Waals surface area contributed by atoms with Crippen molar-refractivity contribution in [3.8, 4) is 5.69 Å². The maximum Gasteiger partial charge on any atom is 0.352 e. The van der Waals surface area contributed by atoms with Crippen LogP contribution in [0.5, 0.6) is 0 Å². The monoisotopic (exact) mass is 505 g/mol. The highest BCUT2D eigenvalue weighted by Crippen LogP contribution is 2.31. The first-order chi connectivity index (χ1) is 17.7. The molecule has 2 aliphatic rings. The molecule has 2 fully saturated rings. The molecule has 0 radical (unpaired) electrons. The van der Waals surface area contributed by atoms with E-state index >= 15 is 0 Å². The van der Waals surface area contributed by atoms with Crippen molar-refractivity contribution < 1.29 is 14.0 Å². The summed E-state index contributed by atoms with van der Waals surface area (Å²) >= 11 is 0. The maximum absolute atomic E-state index is 13.8. The van der Waals surface area contributed by atoms with Crippen molar-refractivity contribution in [3.63, 3.8) is 0 Å². The van der Waals surface area contributed by atoms with Crippen molar-refractivity contribution in [2.24, 2.45) is 5.92 Å². The number of rotatable bonds is 5. The van der Waals surface area contributed by atoms with Crippen LogP contribution in [-0.4, -0.2) is 62.1 Å². The zero-order valence-corrected chi connectivity index (χ0v) is 20.8. The van der Waals surface area contributed by atoms with Crippen molar-refractivity contribution in [2.75, 3.05) is 26.2 Å². The van der Waals surface area contributed by atoms with Crippen molar-refractivity contribution in [1.29, 1.82) is 0 Å². The van der Waals surface area contributed by atoms with Gasteiger partial charge in [0, 0.05) is 32.1 Å². The van der Waals surface area contributed by atoms with Gasteiger partial charge in [-0.15, -0.1) is 0 Å². The number of aromatic nitrogens is 3. The molecule has 9 nitrogen and oxygen atoms in total. The van der Waals surface area contributed by atoms with E-state index in [1.54, 1.807) is 23.1 Å². The molecule has 2 heterocycles. The van der Waals surface area contributed by atoms with Gasteiger partial charge in [0.25, 0.3) is 11.5 Å². The number of nitrogens with zero attached hydrogens (tertiary/aromatic N) is 5. The van der Waals surface area contributed by atoms with Crippen LogP contribution in [0.1, 0.15) is 40.0 Å². The third-order valence-corrected chi connectivity index (χ3v) is 7.03. The van der Waals surface area contributed by atoms with Crippen LogP contribution in [0, 0.1) is 25.6 Å². The minimum atomic E-state index is -0.837. The predicted molar refractivity (Wildman–Crippen MR) is 134 cm³/mol. The molecule has 0 atom stereocenters. The molecule has 1 saturated heterocycles. The topological polar surface area (TPSA) is 97.5 Å². The molecule has 192 valence electrons. The summed E-state index contributed by atoms with van der Waals surface area (Å²) in [5.74, 6) is -0.885. The fourth-order valence-electron chi connectivity index (χ4n) is 4.50. The molecule has 37 heavy (non-hydrogen) atoms. The lowest BCUT2D eigenvalue weighted by molar-refractivity contribution is -0.134. The summed E-state index contributed by atoms with van der Waals surface area (Å²) < 4.78 is 15.8. The van der Waals surface area contributed by atoms with Crippen LogP contribution in [0.3, 0.4) is 0 Å². The van der Waals surface area contributed by atoms with Crippen LogP contribution >= 0.6 is 0 Å². The molecular weight excluding hydrogens is 477 g/mol. The molecule has 2 aromatic carbocycles. The van der Waals surface area contributed by atoms with Crippen LogP contribution in [0.2, 0.25) is 0 Å². The predicted octanol–water partition coefficient (Wildman–Crippen LogP) is 1.89. The Morgan fingerprint density at radius 2 is 1.65 bits per heavy atom. The van der Waals surface area contributed by atoms with Crippen LogP contribution < -0.4 is 11.2 Å². The smallest absolute Gasteiger partial charge is 0.339 e. The molecule has 0 N–H and O–H groups in total. The lowest BCUT2D eigenvalue weighted by Gasteiger charge is -2.34. The van der Waals surface area contributed by atoms with Crippen molar-refractivity contribution in [2.45, 2.75) is 33.2 Å². The van der Waals surface area contributed by atoms with Gasteiger partial charge in [-0.2, -0.15) is 9.78 Å². The molecule has 2 amide bonds. The molecule has 0 unspecified atom stereocenters. The Labute approximate surface area is 212 Å². The molecule has 0 spiro atoms. The zero-order valence-electron chi connectivity index (χ0n) is 20.8.